The minimum absolute atomic E-state index is 0.189. The van der Waals surface area contributed by atoms with Gasteiger partial charge in [-0.25, -0.2) is 9.18 Å². The summed E-state index contributed by atoms with van der Waals surface area (Å²) in [6, 6.07) is 8.43. The van der Waals surface area contributed by atoms with Crippen molar-refractivity contribution in [3.05, 3.63) is 69.4 Å². The van der Waals surface area contributed by atoms with Gasteiger partial charge in [0.25, 0.3) is 0 Å². The van der Waals surface area contributed by atoms with Gasteiger partial charge in [0.2, 0.25) is 5.91 Å². The second kappa shape index (κ2) is 6.39. The molecule has 0 unspecified atom stereocenters. The topological polar surface area (TPSA) is 66.9 Å². The normalized spacial score (nSPS) is 11.4. The number of amides is 1. The maximum Gasteiger partial charge on any atom is 0.326 e. The van der Waals surface area contributed by atoms with Gasteiger partial charge in [-0.05, 0) is 49.2 Å². The summed E-state index contributed by atoms with van der Waals surface area (Å²) in [4.78, 5) is 26.5. The van der Waals surface area contributed by atoms with Crippen LogP contribution in [0.2, 0.25) is 0 Å². The van der Waals surface area contributed by atoms with E-state index >= 15 is 0 Å². The molecule has 2 aromatic carbocycles. The number of hydrogen-bond donors (Lipinski definition) is 2. The first kappa shape index (κ1) is 16.7. The molecule has 1 amide bonds. The van der Waals surface area contributed by atoms with Gasteiger partial charge in [-0.15, -0.1) is 0 Å². The highest BCUT2D eigenvalue weighted by atomic mass is 19.1. The molecule has 5 nitrogen and oxygen atoms in total. The average molecular weight is 339 g/mol. The van der Waals surface area contributed by atoms with Crippen LogP contribution < -0.4 is 11.0 Å². The minimum Gasteiger partial charge on any atom is -0.322 e. The van der Waals surface area contributed by atoms with E-state index < -0.39 is 0 Å². The van der Waals surface area contributed by atoms with Crippen molar-refractivity contribution in [3.8, 4) is 0 Å². The lowest BCUT2D eigenvalue weighted by Gasteiger charge is -2.10. The maximum absolute atomic E-state index is 13.6. The summed E-state index contributed by atoms with van der Waals surface area (Å²) in [5.41, 5.74) is 3.76. The van der Waals surface area contributed by atoms with E-state index in [1.165, 1.54) is 16.7 Å². The molecule has 128 valence electrons. The Bertz CT molecular complexity index is 1060. The second-order valence-corrected chi connectivity index (χ2v) is 5.95. The SMILES string of the molecule is Cc1ccc(F)c(C)c1NC(=O)/C=C/c1ccc2c(c1)[nH]c(=O)n2C. The van der Waals surface area contributed by atoms with Crippen molar-refractivity contribution in [3.63, 3.8) is 0 Å². The monoisotopic (exact) mass is 339 g/mol. The Labute approximate surface area is 143 Å². The number of H-pyrrole nitrogens is 1. The molecule has 3 aromatic rings. The average Bonchev–Trinajstić information content (AvgIpc) is 2.87. The molecule has 0 saturated heterocycles. The fourth-order valence-corrected chi connectivity index (χ4v) is 2.71. The highest BCUT2D eigenvalue weighted by Crippen LogP contribution is 2.22. The van der Waals surface area contributed by atoms with Gasteiger partial charge in [0.05, 0.1) is 11.0 Å². The second-order valence-electron chi connectivity index (χ2n) is 5.95. The number of rotatable bonds is 3. The smallest absolute Gasteiger partial charge is 0.322 e. The van der Waals surface area contributed by atoms with Crippen LogP contribution in [0, 0.1) is 19.7 Å². The van der Waals surface area contributed by atoms with Crippen LogP contribution in [0.3, 0.4) is 0 Å². The van der Waals surface area contributed by atoms with Crippen molar-refractivity contribution in [2.75, 3.05) is 5.32 Å². The third-order valence-electron chi connectivity index (χ3n) is 4.21. The highest BCUT2D eigenvalue weighted by Gasteiger charge is 2.09. The molecule has 6 heteroatoms. The Morgan fingerprint density at radius 3 is 2.76 bits per heavy atom. The molecule has 1 heterocycles. The Balaban J connectivity index is 1.81. The van der Waals surface area contributed by atoms with Crippen LogP contribution in [0.4, 0.5) is 10.1 Å². The number of imidazole rings is 1. The van der Waals surface area contributed by atoms with E-state index in [1.807, 2.05) is 19.1 Å². The lowest BCUT2D eigenvalue weighted by Crippen LogP contribution is -2.11. The van der Waals surface area contributed by atoms with Gasteiger partial charge in [-0.3, -0.25) is 9.36 Å². The number of anilines is 1. The molecular weight excluding hydrogens is 321 g/mol. The van der Waals surface area contributed by atoms with Gasteiger partial charge in [0.15, 0.2) is 0 Å². The summed E-state index contributed by atoms with van der Waals surface area (Å²) in [6.45, 7) is 3.44. The van der Waals surface area contributed by atoms with Gasteiger partial charge >= 0.3 is 5.69 Å². The Hall–Kier alpha value is -3.15. The predicted octanol–water partition coefficient (Wildman–Crippen LogP) is 3.27. The van der Waals surface area contributed by atoms with E-state index in [2.05, 4.69) is 10.3 Å². The molecule has 0 atom stereocenters. The molecule has 0 aliphatic carbocycles. The number of nitrogens with one attached hydrogen (secondary N) is 2. The maximum atomic E-state index is 13.6. The fraction of sp³-hybridized carbons (Fsp3) is 0.158. The number of benzene rings is 2. The molecule has 1 aromatic heterocycles. The van der Waals surface area contributed by atoms with Crippen molar-refractivity contribution in [1.82, 2.24) is 9.55 Å². The summed E-state index contributed by atoms with van der Waals surface area (Å²) < 4.78 is 15.2. The molecule has 0 saturated carbocycles. The quantitative estimate of drug-likeness (QED) is 0.719. The number of aryl methyl sites for hydroxylation is 2. The fourth-order valence-electron chi connectivity index (χ4n) is 2.71. The molecule has 0 spiro atoms. The van der Waals surface area contributed by atoms with Crippen LogP contribution in [-0.2, 0) is 11.8 Å². The van der Waals surface area contributed by atoms with Crippen LogP contribution in [-0.4, -0.2) is 15.5 Å². The first-order valence-electron chi connectivity index (χ1n) is 7.80. The summed E-state index contributed by atoms with van der Waals surface area (Å²) in [6.07, 6.45) is 3.02. The standard InChI is InChI=1S/C19H18FN3O2/c1-11-4-7-14(20)12(2)18(11)22-17(24)9-6-13-5-8-16-15(10-13)21-19(25)23(16)3/h4-10H,1-3H3,(H,21,25)(H,22,24)/b9-6+. The number of hydrogen-bond acceptors (Lipinski definition) is 2. The van der Waals surface area contributed by atoms with E-state index in [-0.39, 0.29) is 17.4 Å². The van der Waals surface area contributed by atoms with Crippen molar-refractivity contribution in [2.45, 2.75) is 13.8 Å². The summed E-state index contributed by atoms with van der Waals surface area (Å²) >= 11 is 0. The third-order valence-corrected chi connectivity index (χ3v) is 4.21. The van der Waals surface area contributed by atoms with Crippen molar-refractivity contribution in [1.29, 1.82) is 0 Å². The summed E-state index contributed by atoms with van der Waals surface area (Å²) in [5, 5.41) is 2.71. The molecule has 3 rings (SSSR count). The summed E-state index contributed by atoms with van der Waals surface area (Å²) in [5.74, 6) is -0.707. The zero-order valence-electron chi connectivity index (χ0n) is 14.2. The van der Waals surface area contributed by atoms with Gasteiger partial charge in [0, 0.05) is 24.4 Å². The predicted molar refractivity (Wildman–Crippen MR) is 97.1 cm³/mol. The summed E-state index contributed by atoms with van der Waals surface area (Å²) in [7, 11) is 1.69. The number of nitrogens with zero attached hydrogens (tertiary/aromatic N) is 1. The minimum atomic E-state index is -0.358. The lowest BCUT2D eigenvalue weighted by atomic mass is 10.1. The van der Waals surface area contributed by atoms with Crippen LogP contribution >= 0.6 is 0 Å². The van der Waals surface area contributed by atoms with Crippen molar-refractivity contribution in [2.24, 2.45) is 7.05 Å². The van der Waals surface area contributed by atoms with Gasteiger partial charge < -0.3 is 10.3 Å². The lowest BCUT2D eigenvalue weighted by molar-refractivity contribution is -0.111. The van der Waals surface area contributed by atoms with E-state index in [0.29, 0.717) is 16.8 Å². The largest absolute Gasteiger partial charge is 0.326 e. The molecular formula is C19H18FN3O2. The third kappa shape index (κ3) is 3.24. The molecule has 0 aliphatic rings. The van der Waals surface area contributed by atoms with E-state index in [1.54, 1.807) is 32.2 Å². The van der Waals surface area contributed by atoms with Gasteiger partial charge in [-0.1, -0.05) is 12.1 Å². The number of halogens is 1. The zero-order valence-corrected chi connectivity index (χ0v) is 14.2. The Kier molecular flexibility index (Phi) is 4.27. The number of aromatic amines is 1. The first-order chi connectivity index (χ1) is 11.9. The Morgan fingerprint density at radius 1 is 1.24 bits per heavy atom. The van der Waals surface area contributed by atoms with Crippen molar-refractivity contribution < 1.29 is 9.18 Å². The van der Waals surface area contributed by atoms with Crippen LogP contribution in [0.1, 0.15) is 16.7 Å². The van der Waals surface area contributed by atoms with E-state index in [9.17, 15) is 14.0 Å². The van der Waals surface area contributed by atoms with Gasteiger partial charge in [0.1, 0.15) is 5.82 Å². The Morgan fingerprint density at radius 2 is 2.00 bits per heavy atom. The van der Waals surface area contributed by atoms with Gasteiger partial charge in [-0.2, -0.15) is 0 Å². The molecule has 0 fully saturated rings. The molecule has 0 radical (unpaired) electrons. The number of carbonyl (C=O) groups excluding carboxylic acids is 1. The molecule has 0 bridgehead atoms. The van der Waals surface area contributed by atoms with Crippen LogP contribution in [0.15, 0.2) is 41.2 Å². The zero-order chi connectivity index (χ0) is 18.1. The number of fused-ring (bicyclic) bond motifs is 1. The van der Waals surface area contributed by atoms with E-state index in [0.717, 1.165) is 16.6 Å². The number of carbonyl (C=O) groups is 1. The molecule has 2 N–H and O–H groups in total. The first-order valence-corrected chi connectivity index (χ1v) is 7.80. The molecule has 25 heavy (non-hydrogen) atoms. The van der Waals surface area contributed by atoms with Crippen molar-refractivity contribution >= 4 is 28.7 Å². The van der Waals surface area contributed by atoms with Crippen LogP contribution in [0.25, 0.3) is 17.1 Å². The van der Waals surface area contributed by atoms with Crippen LogP contribution in [0.5, 0.6) is 0 Å². The van der Waals surface area contributed by atoms with E-state index in [4.69, 9.17) is 0 Å². The number of aromatic nitrogens is 2. The highest BCUT2D eigenvalue weighted by molar-refractivity contribution is 6.03. The molecule has 0 aliphatic heterocycles.